The minimum absolute atomic E-state index is 0.104. The Morgan fingerprint density at radius 3 is 2.20 bits per heavy atom. The summed E-state index contributed by atoms with van der Waals surface area (Å²) in [5, 5.41) is 0. The molecule has 0 unspecified atom stereocenters. The van der Waals surface area contributed by atoms with Crippen LogP contribution in [0.25, 0.3) is 0 Å². The molecule has 1 aromatic carbocycles. The van der Waals surface area contributed by atoms with Crippen molar-refractivity contribution in [2.24, 2.45) is 5.92 Å². The smallest absolute Gasteiger partial charge is 0.308 e. The van der Waals surface area contributed by atoms with Crippen LogP contribution in [0.4, 0.5) is 0 Å². The molecule has 0 spiro atoms. The molecule has 3 heteroatoms. The summed E-state index contributed by atoms with van der Waals surface area (Å²) in [6.45, 7) is 10.3. The van der Waals surface area contributed by atoms with Crippen molar-refractivity contribution in [3.8, 4) is 5.75 Å². The molecule has 0 aliphatic rings. The van der Waals surface area contributed by atoms with Crippen LogP contribution in [0.3, 0.4) is 0 Å². The standard InChI is InChI=1S/C17H26O3/c1-6-13(4)15-7-9-16(10-8-15)19-11-14(5)20-17(18)12(2)3/h7-10,12-14H,6,11H2,1-5H3/t13-,14-/m0/s1. The summed E-state index contributed by atoms with van der Waals surface area (Å²) in [5.41, 5.74) is 1.32. The first kappa shape index (κ1) is 16.5. The minimum atomic E-state index is -0.237. The summed E-state index contributed by atoms with van der Waals surface area (Å²) in [7, 11) is 0. The van der Waals surface area contributed by atoms with Gasteiger partial charge in [0.15, 0.2) is 0 Å². The van der Waals surface area contributed by atoms with E-state index in [1.165, 1.54) is 5.56 Å². The average Bonchev–Trinajstić information content (AvgIpc) is 2.44. The van der Waals surface area contributed by atoms with Crippen LogP contribution in [0.1, 0.15) is 52.5 Å². The molecule has 2 atom stereocenters. The molecule has 1 rings (SSSR count). The maximum Gasteiger partial charge on any atom is 0.308 e. The van der Waals surface area contributed by atoms with E-state index in [0.29, 0.717) is 12.5 Å². The highest BCUT2D eigenvalue weighted by molar-refractivity contribution is 5.71. The highest BCUT2D eigenvalue weighted by Crippen LogP contribution is 2.21. The van der Waals surface area contributed by atoms with Crippen molar-refractivity contribution in [1.82, 2.24) is 0 Å². The topological polar surface area (TPSA) is 35.5 Å². The second-order valence-electron chi connectivity index (χ2n) is 5.59. The average molecular weight is 278 g/mol. The van der Waals surface area contributed by atoms with E-state index in [1.807, 2.05) is 32.9 Å². The van der Waals surface area contributed by atoms with Gasteiger partial charge in [-0.05, 0) is 37.0 Å². The van der Waals surface area contributed by atoms with E-state index in [0.717, 1.165) is 12.2 Å². The van der Waals surface area contributed by atoms with Crippen molar-refractivity contribution >= 4 is 5.97 Å². The normalized spacial score (nSPS) is 13.9. The first-order valence-corrected chi connectivity index (χ1v) is 7.37. The van der Waals surface area contributed by atoms with Gasteiger partial charge in [0.1, 0.15) is 18.5 Å². The number of carbonyl (C=O) groups is 1. The maximum absolute atomic E-state index is 11.4. The fourth-order valence-electron chi connectivity index (χ4n) is 1.71. The lowest BCUT2D eigenvalue weighted by Crippen LogP contribution is -2.24. The number of esters is 1. The third-order valence-electron chi connectivity index (χ3n) is 3.33. The monoisotopic (exact) mass is 278 g/mol. The van der Waals surface area contributed by atoms with Crippen molar-refractivity contribution in [2.75, 3.05) is 6.61 Å². The van der Waals surface area contributed by atoms with Crippen molar-refractivity contribution in [3.05, 3.63) is 29.8 Å². The molecule has 0 aromatic heterocycles. The predicted molar refractivity (Wildman–Crippen MR) is 81.0 cm³/mol. The highest BCUT2D eigenvalue weighted by Gasteiger charge is 2.13. The van der Waals surface area contributed by atoms with Gasteiger partial charge in [0.25, 0.3) is 0 Å². The van der Waals surface area contributed by atoms with Gasteiger partial charge in [0.05, 0.1) is 5.92 Å². The first-order chi connectivity index (χ1) is 9.43. The van der Waals surface area contributed by atoms with Gasteiger partial charge in [-0.2, -0.15) is 0 Å². The number of carbonyl (C=O) groups excluding carboxylic acids is 1. The van der Waals surface area contributed by atoms with E-state index in [-0.39, 0.29) is 18.0 Å². The third kappa shape index (κ3) is 5.24. The molecule has 0 bridgehead atoms. The maximum atomic E-state index is 11.4. The van der Waals surface area contributed by atoms with Gasteiger partial charge in [-0.3, -0.25) is 4.79 Å². The summed E-state index contributed by atoms with van der Waals surface area (Å²) < 4.78 is 10.9. The Hall–Kier alpha value is -1.51. The van der Waals surface area contributed by atoms with Crippen LogP contribution in [0, 0.1) is 5.92 Å². The number of rotatable bonds is 7. The largest absolute Gasteiger partial charge is 0.490 e. The number of hydrogen-bond acceptors (Lipinski definition) is 3. The van der Waals surface area contributed by atoms with Crippen molar-refractivity contribution in [1.29, 1.82) is 0 Å². The molecule has 20 heavy (non-hydrogen) atoms. The lowest BCUT2D eigenvalue weighted by Gasteiger charge is -2.16. The summed E-state index contributed by atoms with van der Waals surface area (Å²) in [5.74, 6) is 1.08. The van der Waals surface area contributed by atoms with Crippen LogP contribution in [-0.4, -0.2) is 18.7 Å². The predicted octanol–water partition coefficient (Wildman–Crippen LogP) is 4.17. The lowest BCUT2D eigenvalue weighted by atomic mass is 9.99. The summed E-state index contributed by atoms with van der Waals surface area (Å²) >= 11 is 0. The zero-order valence-electron chi connectivity index (χ0n) is 13.2. The second-order valence-corrected chi connectivity index (χ2v) is 5.59. The van der Waals surface area contributed by atoms with Crippen LogP contribution >= 0.6 is 0 Å². The van der Waals surface area contributed by atoms with E-state index < -0.39 is 0 Å². The van der Waals surface area contributed by atoms with Crippen molar-refractivity contribution < 1.29 is 14.3 Å². The summed E-state index contributed by atoms with van der Waals surface area (Å²) in [4.78, 5) is 11.4. The summed E-state index contributed by atoms with van der Waals surface area (Å²) in [6.07, 6.45) is 0.890. The molecule has 0 aliphatic carbocycles. The Labute approximate surface area is 122 Å². The molecule has 112 valence electrons. The van der Waals surface area contributed by atoms with Gasteiger partial charge in [-0.1, -0.05) is 39.8 Å². The SMILES string of the molecule is CC[C@H](C)c1ccc(OC[C@H](C)OC(=O)C(C)C)cc1. The molecule has 1 aromatic rings. The van der Waals surface area contributed by atoms with Crippen molar-refractivity contribution in [2.45, 2.75) is 53.1 Å². The fourth-order valence-corrected chi connectivity index (χ4v) is 1.71. The van der Waals surface area contributed by atoms with Gasteiger partial charge < -0.3 is 9.47 Å². The molecule has 0 saturated heterocycles. The van der Waals surface area contributed by atoms with Crippen LogP contribution in [0.15, 0.2) is 24.3 Å². The molecule has 3 nitrogen and oxygen atoms in total. The molecule has 0 heterocycles. The van der Waals surface area contributed by atoms with E-state index in [9.17, 15) is 4.79 Å². The van der Waals surface area contributed by atoms with Gasteiger partial charge >= 0.3 is 5.97 Å². The Bertz CT molecular complexity index is 409. The number of benzene rings is 1. The third-order valence-corrected chi connectivity index (χ3v) is 3.33. The van der Waals surface area contributed by atoms with Crippen LogP contribution in [0.5, 0.6) is 5.75 Å². The molecular weight excluding hydrogens is 252 g/mol. The van der Waals surface area contributed by atoms with E-state index >= 15 is 0 Å². The molecule has 0 radical (unpaired) electrons. The highest BCUT2D eigenvalue weighted by atomic mass is 16.6. The number of hydrogen-bond donors (Lipinski definition) is 0. The van der Waals surface area contributed by atoms with E-state index in [1.54, 1.807) is 0 Å². The molecular formula is C17H26O3. The zero-order chi connectivity index (χ0) is 15.1. The zero-order valence-corrected chi connectivity index (χ0v) is 13.2. The Morgan fingerprint density at radius 1 is 1.10 bits per heavy atom. The van der Waals surface area contributed by atoms with E-state index in [4.69, 9.17) is 9.47 Å². The van der Waals surface area contributed by atoms with E-state index in [2.05, 4.69) is 26.0 Å². The Kier molecular flexibility index (Phi) is 6.56. The number of ether oxygens (including phenoxy) is 2. The Balaban J connectivity index is 2.43. The van der Waals surface area contributed by atoms with Crippen molar-refractivity contribution in [3.63, 3.8) is 0 Å². The lowest BCUT2D eigenvalue weighted by molar-refractivity contribution is -0.153. The fraction of sp³-hybridized carbons (Fsp3) is 0.588. The Morgan fingerprint density at radius 2 is 1.70 bits per heavy atom. The first-order valence-electron chi connectivity index (χ1n) is 7.37. The minimum Gasteiger partial charge on any atom is -0.490 e. The van der Waals surface area contributed by atoms with Gasteiger partial charge in [-0.15, -0.1) is 0 Å². The molecule has 0 aliphatic heterocycles. The molecule has 0 fully saturated rings. The van der Waals surface area contributed by atoms with Gasteiger partial charge in [0.2, 0.25) is 0 Å². The van der Waals surface area contributed by atoms with Crippen LogP contribution in [-0.2, 0) is 9.53 Å². The second kappa shape index (κ2) is 7.93. The quantitative estimate of drug-likeness (QED) is 0.702. The van der Waals surface area contributed by atoms with Crippen LogP contribution in [0.2, 0.25) is 0 Å². The van der Waals surface area contributed by atoms with Gasteiger partial charge in [-0.25, -0.2) is 0 Å². The molecule has 0 N–H and O–H groups in total. The van der Waals surface area contributed by atoms with Gasteiger partial charge in [0, 0.05) is 0 Å². The van der Waals surface area contributed by atoms with Crippen LogP contribution < -0.4 is 4.74 Å². The molecule has 0 amide bonds. The summed E-state index contributed by atoms with van der Waals surface area (Å²) in [6, 6.07) is 8.12. The molecule has 0 saturated carbocycles.